The zero-order valence-electron chi connectivity index (χ0n) is 24.0. The summed E-state index contributed by atoms with van der Waals surface area (Å²) in [6.45, 7) is 9.30. The van der Waals surface area contributed by atoms with Crippen LogP contribution in [0.25, 0.3) is 0 Å². The van der Waals surface area contributed by atoms with Gasteiger partial charge in [-0.15, -0.1) is 0 Å². The molecule has 0 spiro atoms. The molecule has 2 fully saturated rings. The van der Waals surface area contributed by atoms with Crippen molar-refractivity contribution < 1.29 is 14.4 Å². The van der Waals surface area contributed by atoms with Gasteiger partial charge in [0.05, 0.1) is 11.4 Å². The third-order valence-corrected chi connectivity index (χ3v) is 8.03. The maximum absolute atomic E-state index is 13.3. The van der Waals surface area contributed by atoms with Gasteiger partial charge < -0.3 is 25.3 Å². The van der Waals surface area contributed by atoms with Crippen LogP contribution < -0.4 is 20.4 Å². The molecule has 2 N–H and O–H groups in total. The number of rotatable bonds is 9. The highest BCUT2D eigenvalue weighted by Gasteiger charge is 2.23. The molecular weight excluding hydrogens is 514 g/mol. The molecule has 0 saturated carbocycles. The molecule has 2 saturated heterocycles. The van der Waals surface area contributed by atoms with E-state index in [0.717, 1.165) is 50.4 Å². The minimum atomic E-state index is -0.198. The molecule has 41 heavy (non-hydrogen) atoms. The smallest absolute Gasteiger partial charge is 0.255 e. The van der Waals surface area contributed by atoms with Crippen LogP contribution in [0.4, 0.5) is 17.1 Å². The van der Waals surface area contributed by atoms with E-state index >= 15 is 0 Å². The van der Waals surface area contributed by atoms with Gasteiger partial charge in [0, 0.05) is 69.0 Å². The Morgan fingerprint density at radius 3 is 2.15 bits per heavy atom. The molecule has 8 heteroatoms. The van der Waals surface area contributed by atoms with E-state index in [4.69, 9.17) is 0 Å². The van der Waals surface area contributed by atoms with Gasteiger partial charge in [-0.25, -0.2) is 0 Å². The van der Waals surface area contributed by atoms with Crippen LogP contribution in [0.3, 0.4) is 0 Å². The van der Waals surface area contributed by atoms with E-state index in [1.165, 1.54) is 11.3 Å². The normalized spacial score (nSPS) is 15.3. The first-order chi connectivity index (χ1) is 19.9. The second kappa shape index (κ2) is 12.9. The van der Waals surface area contributed by atoms with E-state index in [0.29, 0.717) is 42.7 Å². The average molecular weight is 554 g/mol. The minimum Gasteiger partial charge on any atom is -0.368 e. The molecule has 0 radical (unpaired) electrons. The number of nitrogens with one attached hydrogen (secondary N) is 2. The van der Waals surface area contributed by atoms with Gasteiger partial charge in [-0.3, -0.25) is 14.4 Å². The molecule has 2 aliphatic heterocycles. The predicted octanol–water partition coefficient (Wildman–Crippen LogP) is 4.62. The largest absolute Gasteiger partial charge is 0.368 e. The molecule has 0 aliphatic carbocycles. The molecule has 0 aromatic heterocycles. The second-order valence-electron chi connectivity index (χ2n) is 10.9. The number of anilines is 3. The van der Waals surface area contributed by atoms with Crippen molar-refractivity contribution in [1.29, 1.82) is 0 Å². The Morgan fingerprint density at radius 1 is 0.780 bits per heavy atom. The number of amides is 3. The summed E-state index contributed by atoms with van der Waals surface area (Å²) >= 11 is 0. The first-order valence-electron chi connectivity index (χ1n) is 14.5. The molecule has 3 aromatic carbocycles. The maximum atomic E-state index is 13.3. The molecular formula is C33H39N5O3. The summed E-state index contributed by atoms with van der Waals surface area (Å²) in [6.07, 6.45) is 2.24. The fourth-order valence-electron chi connectivity index (χ4n) is 5.69. The zero-order valence-corrected chi connectivity index (χ0v) is 24.0. The maximum Gasteiger partial charge on any atom is 0.255 e. The van der Waals surface area contributed by atoms with Crippen molar-refractivity contribution in [1.82, 2.24) is 10.2 Å². The number of hydrogen-bond acceptors (Lipinski definition) is 5. The fraction of sp³-hybridized carbons (Fsp3) is 0.364. The summed E-state index contributed by atoms with van der Waals surface area (Å²) in [5, 5.41) is 6.08. The van der Waals surface area contributed by atoms with Crippen LogP contribution >= 0.6 is 0 Å². The summed E-state index contributed by atoms with van der Waals surface area (Å²) in [5.41, 5.74) is 6.02. The molecule has 2 aliphatic rings. The Kier molecular flexibility index (Phi) is 8.87. The van der Waals surface area contributed by atoms with Gasteiger partial charge >= 0.3 is 0 Å². The molecule has 0 unspecified atom stereocenters. The van der Waals surface area contributed by atoms with Gasteiger partial charge in [0.25, 0.3) is 11.8 Å². The summed E-state index contributed by atoms with van der Waals surface area (Å²) in [5.74, 6) is -0.198. The number of aryl methyl sites for hydroxylation is 2. The Balaban J connectivity index is 1.30. The molecule has 2 heterocycles. The quantitative estimate of drug-likeness (QED) is 0.378. The summed E-state index contributed by atoms with van der Waals surface area (Å²) in [6, 6.07) is 21.5. The lowest BCUT2D eigenvalue weighted by Crippen LogP contribution is -2.47. The molecule has 0 bridgehead atoms. The highest BCUT2D eigenvalue weighted by atomic mass is 16.2. The molecule has 3 amide bonds. The van der Waals surface area contributed by atoms with Crippen LogP contribution in [0, 0.1) is 13.8 Å². The van der Waals surface area contributed by atoms with Gasteiger partial charge in [-0.05, 0) is 68.1 Å². The number of nitrogens with zero attached hydrogens (tertiary/aromatic N) is 3. The van der Waals surface area contributed by atoms with Crippen molar-refractivity contribution in [3.63, 3.8) is 0 Å². The Morgan fingerprint density at radius 2 is 1.46 bits per heavy atom. The number of carbonyl (C=O) groups excluding carboxylic acids is 3. The van der Waals surface area contributed by atoms with E-state index in [-0.39, 0.29) is 17.7 Å². The first-order valence-corrected chi connectivity index (χ1v) is 14.5. The minimum absolute atomic E-state index is 0.194. The van der Waals surface area contributed by atoms with Crippen molar-refractivity contribution in [3.05, 3.63) is 89.0 Å². The van der Waals surface area contributed by atoms with Crippen LogP contribution in [0.2, 0.25) is 0 Å². The number of piperazine rings is 1. The van der Waals surface area contributed by atoms with Crippen LogP contribution in [0.5, 0.6) is 0 Å². The zero-order chi connectivity index (χ0) is 28.8. The van der Waals surface area contributed by atoms with E-state index in [1.807, 2.05) is 48.2 Å². The van der Waals surface area contributed by atoms with E-state index in [2.05, 4.69) is 51.6 Å². The number of para-hydroxylation sites is 1. The standard InChI is InChI=1S/C33H39N5O3/c1-24-9-3-5-11-27(24)33(41)35-28-23-26(32(40)34-16-8-18-38-17-7-13-31(38)39)14-15-30(28)37-21-19-36(20-22-37)29-12-6-4-10-25(29)2/h3-6,9-12,14-15,23H,7-8,13,16-22H2,1-2H3,(H,34,40)(H,35,41). The molecule has 3 aromatic rings. The van der Waals surface area contributed by atoms with Crippen molar-refractivity contribution in [2.24, 2.45) is 0 Å². The summed E-state index contributed by atoms with van der Waals surface area (Å²) in [4.78, 5) is 44.8. The number of benzene rings is 3. The lowest BCUT2D eigenvalue weighted by Gasteiger charge is -2.38. The van der Waals surface area contributed by atoms with E-state index in [1.54, 1.807) is 6.07 Å². The molecule has 0 atom stereocenters. The number of hydrogen-bond donors (Lipinski definition) is 2. The Hall–Kier alpha value is -4.33. The third-order valence-electron chi connectivity index (χ3n) is 8.03. The Labute approximate surface area is 242 Å². The van der Waals surface area contributed by atoms with Crippen molar-refractivity contribution in [2.75, 3.05) is 60.9 Å². The van der Waals surface area contributed by atoms with Gasteiger partial charge in [0.1, 0.15) is 0 Å². The third kappa shape index (κ3) is 6.70. The Bertz CT molecular complexity index is 1410. The van der Waals surface area contributed by atoms with Crippen molar-refractivity contribution in [2.45, 2.75) is 33.1 Å². The molecule has 214 valence electrons. The number of carbonyl (C=O) groups is 3. The van der Waals surface area contributed by atoms with Gasteiger partial charge in [-0.1, -0.05) is 36.4 Å². The monoisotopic (exact) mass is 553 g/mol. The summed E-state index contributed by atoms with van der Waals surface area (Å²) < 4.78 is 0. The SMILES string of the molecule is Cc1ccccc1C(=O)Nc1cc(C(=O)NCCCN2CCCC2=O)ccc1N1CCN(c2ccccc2C)CC1. The van der Waals surface area contributed by atoms with Gasteiger partial charge in [-0.2, -0.15) is 0 Å². The van der Waals surface area contributed by atoms with E-state index < -0.39 is 0 Å². The van der Waals surface area contributed by atoms with E-state index in [9.17, 15) is 14.4 Å². The fourth-order valence-corrected chi connectivity index (χ4v) is 5.69. The average Bonchev–Trinajstić information content (AvgIpc) is 3.40. The second-order valence-corrected chi connectivity index (χ2v) is 10.9. The van der Waals surface area contributed by atoms with Crippen LogP contribution in [0.1, 0.15) is 51.1 Å². The molecule has 8 nitrogen and oxygen atoms in total. The van der Waals surface area contributed by atoms with Crippen LogP contribution in [-0.4, -0.2) is 68.4 Å². The topological polar surface area (TPSA) is 85.0 Å². The van der Waals surface area contributed by atoms with Crippen molar-refractivity contribution in [3.8, 4) is 0 Å². The van der Waals surface area contributed by atoms with Crippen LogP contribution in [-0.2, 0) is 4.79 Å². The highest BCUT2D eigenvalue weighted by molar-refractivity contribution is 6.08. The van der Waals surface area contributed by atoms with Gasteiger partial charge in [0.15, 0.2) is 0 Å². The lowest BCUT2D eigenvalue weighted by molar-refractivity contribution is -0.127. The summed E-state index contributed by atoms with van der Waals surface area (Å²) in [7, 11) is 0. The van der Waals surface area contributed by atoms with Gasteiger partial charge in [0.2, 0.25) is 5.91 Å². The highest BCUT2D eigenvalue weighted by Crippen LogP contribution is 2.30. The van der Waals surface area contributed by atoms with Crippen LogP contribution in [0.15, 0.2) is 66.7 Å². The predicted molar refractivity (Wildman–Crippen MR) is 164 cm³/mol. The number of likely N-dealkylation sites (tertiary alicyclic amines) is 1. The molecule has 5 rings (SSSR count). The van der Waals surface area contributed by atoms with Crippen molar-refractivity contribution >= 4 is 34.8 Å². The first kappa shape index (κ1) is 28.2. The lowest BCUT2D eigenvalue weighted by atomic mass is 10.1.